The zero-order chi connectivity index (χ0) is 29.9. The second-order valence-electron chi connectivity index (χ2n) is 10.9. The Morgan fingerprint density at radius 1 is 0.409 bits per heavy atom. The highest BCUT2D eigenvalue weighted by Crippen LogP contribution is 2.53. The van der Waals surface area contributed by atoms with E-state index in [1.165, 1.54) is 22.3 Å². The smallest absolute Gasteiger partial charge is 0.221 e. The van der Waals surface area contributed by atoms with Crippen LogP contribution in [0.3, 0.4) is 0 Å². The van der Waals surface area contributed by atoms with Gasteiger partial charge in [0.05, 0.1) is 0 Å². The van der Waals surface area contributed by atoms with Crippen molar-refractivity contribution < 1.29 is 4.79 Å². The Morgan fingerprint density at radius 3 is 1.34 bits per heavy atom. The van der Waals surface area contributed by atoms with Crippen molar-refractivity contribution in [3.05, 3.63) is 164 Å². The Labute approximate surface area is 258 Å². The van der Waals surface area contributed by atoms with E-state index < -0.39 is 0 Å². The van der Waals surface area contributed by atoms with E-state index in [1.54, 1.807) is 6.92 Å². The maximum absolute atomic E-state index is 12.3. The van der Waals surface area contributed by atoms with Gasteiger partial charge in [0.25, 0.3) is 0 Å². The first kappa shape index (κ1) is 27.1. The summed E-state index contributed by atoms with van der Waals surface area (Å²) in [6.45, 7) is 1.56. The van der Waals surface area contributed by atoms with E-state index in [0.717, 1.165) is 49.8 Å². The van der Waals surface area contributed by atoms with Gasteiger partial charge in [-0.05, 0) is 66.9 Å². The summed E-state index contributed by atoms with van der Waals surface area (Å²) >= 11 is 0. The molecule has 2 heteroatoms. The Balaban J connectivity index is 1.77. The first-order chi connectivity index (χ1) is 21.7. The van der Waals surface area contributed by atoms with E-state index in [2.05, 4.69) is 151 Å². The van der Waals surface area contributed by atoms with Crippen LogP contribution < -0.4 is 5.32 Å². The normalized spacial score (nSPS) is 10.9. The van der Waals surface area contributed by atoms with E-state index in [-0.39, 0.29) is 5.91 Å². The second kappa shape index (κ2) is 11.9. The summed E-state index contributed by atoms with van der Waals surface area (Å²) < 4.78 is 0. The summed E-state index contributed by atoms with van der Waals surface area (Å²) in [4.78, 5) is 12.3. The van der Waals surface area contributed by atoms with Crippen LogP contribution in [0.1, 0.15) is 6.92 Å². The summed E-state index contributed by atoms with van der Waals surface area (Å²) in [5, 5.41) is 5.39. The molecule has 0 spiro atoms. The first-order valence-electron chi connectivity index (χ1n) is 14.9. The van der Waals surface area contributed by atoms with Crippen molar-refractivity contribution in [2.24, 2.45) is 0 Å². The molecule has 0 fully saturated rings. The van der Waals surface area contributed by atoms with Crippen molar-refractivity contribution in [1.82, 2.24) is 0 Å². The lowest BCUT2D eigenvalue weighted by Gasteiger charge is -2.26. The Morgan fingerprint density at radius 2 is 0.818 bits per heavy atom. The number of anilines is 1. The zero-order valence-electron chi connectivity index (χ0n) is 24.5. The quantitative estimate of drug-likeness (QED) is 0.213. The molecule has 0 saturated heterocycles. The van der Waals surface area contributed by atoms with Gasteiger partial charge in [0.1, 0.15) is 0 Å². The minimum Gasteiger partial charge on any atom is -0.326 e. The van der Waals surface area contributed by atoms with Crippen LogP contribution >= 0.6 is 0 Å². The lowest BCUT2D eigenvalue weighted by molar-refractivity contribution is -0.114. The molecule has 2 nitrogen and oxygen atoms in total. The highest BCUT2D eigenvalue weighted by Gasteiger charge is 2.26. The molecular formula is C42H31NO. The van der Waals surface area contributed by atoms with Gasteiger partial charge in [0.15, 0.2) is 0 Å². The van der Waals surface area contributed by atoms with Crippen LogP contribution in [0.25, 0.3) is 66.4 Å². The topological polar surface area (TPSA) is 29.1 Å². The SMILES string of the molecule is CC(=O)Nc1ccccc1-c1cccc2c(-c3ccccc3)c(-c3ccccc3)c(-c3ccccc3)c(-c3ccccc3)c12. The number of rotatable bonds is 6. The molecule has 0 atom stereocenters. The molecule has 1 amide bonds. The van der Waals surface area contributed by atoms with Crippen molar-refractivity contribution >= 4 is 22.4 Å². The molecule has 1 N–H and O–H groups in total. The minimum atomic E-state index is -0.0951. The molecule has 44 heavy (non-hydrogen) atoms. The fraction of sp³-hybridized carbons (Fsp3) is 0.0238. The third kappa shape index (κ3) is 4.97. The van der Waals surface area contributed by atoms with Crippen LogP contribution in [0.2, 0.25) is 0 Å². The van der Waals surface area contributed by atoms with Crippen LogP contribution in [0, 0.1) is 0 Å². The second-order valence-corrected chi connectivity index (χ2v) is 10.9. The third-order valence-corrected chi connectivity index (χ3v) is 8.11. The molecule has 7 aromatic carbocycles. The highest BCUT2D eigenvalue weighted by atomic mass is 16.1. The van der Waals surface area contributed by atoms with Crippen molar-refractivity contribution in [1.29, 1.82) is 0 Å². The number of amides is 1. The largest absolute Gasteiger partial charge is 0.326 e. The molecule has 7 aromatic rings. The number of benzene rings is 7. The van der Waals surface area contributed by atoms with Crippen LogP contribution in [0.4, 0.5) is 5.69 Å². The van der Waals surface area contributed by atoms with Gasteiger partial charge in [0.2, 0.25) is 5.91 Å². The number of carbonyl (C=O) groups excluding carboxylic acids is 1. The van der Waals surface area contributed by atoms with Gasteiger partial charge >= 0.3 is 0 Å². The molecule has 0 heterocycles. The van der Waals surface area contributed by atoms with Crippen molar-refractivity contribution in [2.45, 2.75) is 6.92 Å². The molecule has 0 aliphatic rings. The number of hydrogen-bond acceptors (Lipinski definition) is 1. The molecule has 7 rings (SSSR count). The Bertz CT molecular complexity index is 2080. The molecule has 0 aliphatic heterocycles. The number of hydrogen-bond donors (Lipinski definition) is 1. The van der Waals surface area contributed by atoms with E-state index in [1.807, 2.05) is 18.2 Å². The number of para-hydroxylation sites is 1. The van der Waals surface area contributed by atoms with Gasteiger partial charge in [-0.1, -0.05) is 158 Å². The number of nitrogens with one attached hydrogen (secondary N) is 1. The molecule has 0 bridgehead atoms. The molecule has 0 unspecified atom stereocenters. The Kier molecular flexibility index (Phi) is 7.32. The van der Waals surface area contributed by atoms with Gasteiger partial charge in [-0.2, -0.15) is 0 Å². The third-order valence-electron chi connectivity index (χ3n) is 8.11. The van der Waals surface area contributed by atoms with Crippen molar-refractivity contribution in [3.63, 3.8) is 0 Å². The van der Waals surface area contributed by atoms with Gasteiger partial charge in [-0.25, -0.2) is 0 Å². The van der Waals surface area contributed by atoms with E-state index in [0.29, 0.717) is 0 Å². The lowest BCUT2D eigenvalue weighted by Crippen LogP contribution is -2.07. The van der Waals surface area contributed by atoms with Gasteiger partial charge < -0.3 is 5.32 Å². The predicted molar refractivity (Wildman–Crippen MR) is 185 cm³/mol. The predicted octanol–water partition coefficient (Wildman–Crippen LogP) is 11.1. The average molecular weight is 566 g/mol. The summed E-state index contributed by atoms with van der Waals surface area (Å²) in [7, 11) is 0. The lowest BCUT2D eigenvalue weighted by atomic mass is 9.77. The van der Waals surface area contributed by atoms with Crippen LogP contribution in [-0.4, -0.2) is 5.91 Å². The van der Waals surface area contributed by atoms with E-state index >= 15 is 0 Å². The average Bonchev–Trinajstić information content (AvgIpc) is 3.08. The van der Waals surface area contributed by atoms with Gasteiger partial charge in [0, 0.05) is 18.2 Å². The van der Waals surface area contributed by atoms with Crippen LogP contribution in [0.5, 0.6) is 0 Å². The minimum absolute atomic E-state index is 0.0951. The molecule has 210 valence electrons. The Hall–Kier alpha value is -5.73. The van der Waals surface area contributed by atoms with E-state index in [9.17, 15) is 4.79 Å². The van der Waals surface area contributed by atoms with Crippen LogP contribution in [0.15, 0.2) is 164 Å². The molecular weight excluding hydrogens is 534 g/mol. The summed E-state index contributed by atoms with van der Waals surface area (Å²) in [5.41, 5.74) is 12.2. The van der Waals surface area contributed by atoms with E-state index in [4.69, 9.17) is 0 Å². The molecule has 0 aromatic heterocycles. The maximum Gasteiger partial charge on any atom is 0.221 e. The summed E-state index contributed by atoms with van der Waals surface area (Å²) in [6, 6.07) is 57.5. The highest BCUT2D eigenvalue weighted by molar-refractivity contribution is 6.22. The standard InChI is InChI=1S/C42H31NO/c1-29(44)43-37-28-15-14-25-34(37)35-26-16-27-36-38(30-17-6-2-7-18-30)39(31-19-8-3-9-20-31)40(32-21-10-4-11-22-32)41(42(35)36)33-23-12-5-13-24-33/h2-28H,1H3,(H,43,44). The fourth-order valence-electron chi connectivity index (χ4n) is 6.37. The number of fused-ring (bicyclic) bond motifs is 1. The monoisotopic (exact) mass is 565 g/mol. The molecule has 0 radical (unpaired) electrons. The van der Waals surface area contributed by atoms with Crippen molar-refractivity contribution in [2.75, 3.05) is 5.32 Å². The molecule has 0 saturated carbocycles. The first-order valence-corrected chi connectivity index (χ1v) is 14.9. The fourth-order valence-corrected chi connectivity index (χ4v) is 6.37. The van der Waals surface area contributed by atoms with Crippen LogP contribution in [-0.2, 0) is 4.79 Å². The zero-order valence-corrected chi connectivity index (χ0v) is 24.5. The molecule has 0 aliphatic carbocycles. The maximum atomic E-state index is 12.3. The van der Waals surface area contributed by atoms with Crippen molar-refractivity contribution in [3.8, 4) is 55.6 Å². The van der Waals surface area contributed by atoms with Gasteiger partial charge in [-0.15, -0.1) is 0 Å². The summed E-state index contributed by atoms with van der Waals surface area (Å²) in [5.74, 6) is -0.0951. The summed E-state index contributed by atoms with van der Waals surface area (Å²) in [6.07, 6.45) is 0. The van der Waals surface area contributed by atoms with Gasteiger partial charge in [-0.3, -0.25) is 4.79 Å². The number of carbonyl (C=O) groups is 1.